The SMILES string of the molecule is C=C(CO)C(=O)OCC(COC(=O)C(=C)CO)C1CCC(C2CCC(c3ccc(CCC=C(F)F)cc3)CC2)CC1. The molecule has 2 aliphatic rings. The van der Waals surface area contributed by atoms with E-state index in [1.54, 1.807) is 0 Å². The molecule has 0 saturated heterocycles. The molecule has 0 atom stereocenters. The van der Waals surface area contributed by atoms with Crippen LogP contribution in [0.1, 0.15) is 74.8 Å². The van der Waals surface area contributed by atoms with Crippen LogP contribution in [-0.4, -0.2) is 48.6 Å². The lowest BCUT2D eigenvalue weighted by molar-refractivity contribution is -0.146. The second-order valence-electron chi connectivity index (χ2n) is 11.5. The highest BCUT2D eigenvalue weighted by molar-refractivity contribution is 5.88. The third kappa shape index (κ3) is 10.2. The van der Waals surface area contributed by atoms with Crippen molar-refractivity contribution in [1.82, 2.24) is 0 Å². The fourth-order valence-corrected chi connectivity index (χ4v) is 6.34. The van der Waals surface area contributed by atoms with E-state index < -0.39 is 31.2 Å². The van der Waals surface area contributed by atoms with Gasteiger partial charge < -0.3 is 19.7 Å². The maximum Gasteiger partial charge on any atom is 0.335 e. The van der Waals surface area contributed by atoms with E-state index in [2.05, 4.69) is 37.4 Å². The van der Waals surface area contributed by atoms with Crippen molar-refractivity contribution in [2.75, 3.05) is 26.4 Å². The van der Waals surface area contributed by atoms with Crippen LogP contribution < -0.4 is 0 Å². The molecule has 3 rings (SSSR count). The van der Waals surface area contributed by atoms with E-state index in [-0.39, 0.29) is 36.2 Å². The zero-order chi connectivity index (χ0) is 29.8. The number of carbonyl (C=O) groups excluding carboxylic acids is 2. The molecular formula is C33H44F2O6. The summed E-state index contributed by atoms with van der Waals surface area (Å²) >= 11 is 0. The molecule has 0 heterocycles. The molecule has 2 fully saturated rings. The van der Waals surface area contributed by atoms with Crippen molar-refractivity contribution in [3.8, 4) is 0 Å². The van der Waals surface area contributed by atoms with Gasteiger partial charge in [0, 0.05) is 5.92 Å². The van der Waals surface area contributed by atoms with Crippen molar-refractivity contribution in [3.63, 3.8) is 0 Å². The van der Waals surface area contributed by atoms with Crippen LogP contribution in [0.3, 0.4) is 0 Å². The Hall–Kier alpha value is -2.84. The summed E-state index contributed by atoms with van der Waals surface area (Å²) in [7, 11) is 0. The molecule has 0 amide bonds. The number of aliphatic hydroxyl groups is 2. The largest absolute Gasteiger partial charge is 0.462 e. The number of aryl methyl sites for hydroxylation is 1. The molecule has 41 heavy (non-hydrogen) atoms. The molecule has 0 spiro atoms. The van der Waals surface area contributed by atoms with Crippen molar-refractivity contribution < 1.29 is 38.1 Å². The average molecular weight is 575 g/mol. The summed E-state index contributed by atoms with van der Waals surface area (Å²) in [6.45, 7) is 6.19. The number of carbonyl (C=O) groups is 2. The van der Waals surface area contributed by atoms with Crippen molar-refractivity contribution in [2.45, 2.75) is 70.1 Å². The Morgan fingerprint density at radius 3 is 1.78 bits per heavy atom. The van der Waals surface area contributed by atoms with Crippen molar-refractivity contribution in [3.05, 3.63) is 71.9 Å². The Morgan fingerprint density at radius 1 is 0.829 bits per heavy atom. The summed E-state index contributed by atoms with van der Waals surface area (Å²) in [5.41, 5.74) is 2.37. The van der Waals surface area contributed by atoms with E-state index in [1.165, 1.54) is 18.4 Å². The highest BCUT2D eigenvalue weighted by atomic mass is 19.3. The first-order valence-electron chi connectivity index (χ1n) is 14.7. The Bertz CT molecular complexity index is 1010. The van der Waals surface area contributed by atoms with Gasteiger partial charge in [-0.1, -0.05) is 37.4 Å². The number of aliphatic hydroxyl groups excluding tert-OH is 2. The molecular weight excluding hydrogens is 530 g/mol. The molecule has 0 unspecified atom stereocenters. The number of halogens is 2. The number of benzene rings is 1. The number of hydrogen-bond donors (Lipinski definition) is 2. The van der Waals surface area contributed by atoms with Crippen LogP contribution in [0.2, 0.25) is 0 Å². The van der Waals surface area contributed by atoms with Gasteiger partial charge >= 0.3 is 11.9 Å². The smallest absolute Gasteiger partial charge is 0.335 e. The topological polar surface area (TPSA) is 93.1 Å². The molecule has 0 aromatic heterocycles. The lowest BCUT2D eigenvalue weighted by Gasteiger charge is -2.39. The predicted octanol–water partition coefficient (Wildman–Crippen LogP) is 6.28. The molecule has 2 saturated carbocycles. The number of esters is 2. The monoisotopic (exact) mass is 574 g/mol. The number of rotatable bonds is 14. The Labute approximate surface area is 242 Å². The third-order valence-corrected chi connectivity index (χ3v) is 8.92. The molecule has 1 aromatic rings. The van der Waals surface area contributed by atoms with Gasteiger partial charge in [0.25, 0.3) is 6.08 Å². The van der Waals surface area contributed by atoms with Gasteiger partial charge in [-0.3, -0.25) is 0 Å². The summed E-state index contributed by atoms with van der Waals surface area (Å²) in [6.07, 6.45) is 9.06. The maximum atomic E-state index is 12.3. The minimum absolute atomic E-state index is 0.0210. The second-order valence-corrected chi connectivity index (χ2v) is 11.5. The van der Waals surface area contributed by atoms with Crippen LogP contribution in [0.15, 0.2) is 60.7 Å². The van der Waals surface area contributed by atoms with Gasteiger partial charge in [0.05, 0.1) is 37.6 Å². The van der Waals surface area contributed by atoms with Crippen molar-refractivity contribution in [2.24, 2.45) is 23.7 Å². The second kappa shape index (κ2) is 16.6. The fraction of sp³-hybridized carbons (Fsp3) is 0.576. The van der Waals surface area contributed by atoms with Gasteiger partial charge in [-0.25, -0.2) is 9.59 Å². The highest BCUT2D eigenvalue weighted by Crippen LogP contribution is 2.45. The Balaban J connectivity index is 1.48. The zero-order valence-electron chi connectivity index (χ0n) is 23.9. The van der Waals surface area contributed by atoms with E-state index in [1.807, 2.05) is 0 Å². The van der Waals surface area contributed by atoms with Gasteiger partial charge in [-0.05, 0) is 105 Å². The number of ether oxygens (including phenoxy) is 2. The minimum atomic E-state index is -1.62. The summed E-state index contributed by atoms with van der Waals surface area (Å²) in [6, 6.07) is 8.45. The number of hydrogen-bond acceptors (Lipinski definition) is 6. The highest BCUT2D eigenvalue weighted by Gasteiger charge is 2.34. The number of allylic oxidation sites excluding steroid dienone is 1. The van der Waals surface area contributed by atoms with E-state index >= 15 is 0 Å². The van der Waals surface area contributed by atoms with Crippen molar-refractivity contribution >= 4 is 11.9 Å². The Kier molecular flexibility index (Phi) is 13.2. The van der Waals surface area contributed by atoms with Crippen LogP contribution >= 0.6 is 0 Å². The zero-order valence-corrected chi connectivity index (χ0v) is 23.9. The normalized spacial score (nSPS) is 22.6. The third-order valence-electron chi connectivity index (χ3n) is 8.92. The van der Waals surface area contributed by atoms with Gasteiger partial charge in [0.1, 0.15) is 0 Å². The van der Waals surface area contributed by atoms with Gasteiger partial charge in [0.2, 0.25) is 0 Å². The van der Waals surface area contributed by atoms with Gasteiger partial charge in [-0.2, -0.15) is 8.78 Å². The molecule has 6 nitrogen and oxygen atoms in total. The molecule has 1 aromatic carbocycles. The Morgan fingerprint density at radius 2 is 1.32 bits per heavy atom. The van der Waals surface area contributed by atoms with E-state index in [9.17, 15) is 18.4 Å². The lowest BCUT2D eigenvalue weighted by Crippen LogP contribution is -2.33. The quantitative estimate of drug-likeness (QED) is 0.201. The standard InChI is InChI=1S/C33H44F2O6/c1-22(18-36)32(38)40-20-30(21-41-33(39)23(2)19-37)29-16-14-28(15-17-29)27-12-10-26(11-13-27)25-8-6-24(7-9-25)4-3-5-31(34)35/h5-9,26-30,36-37H,1-4,10-21H2. The fourth-order valence-electron chi connectivity index (χ4n) is 6.34. The molecule has 2 N–H and O–H groups in total. The van der Waals surface area contributed by atoms with Gasteiger partial charge in [-0.15, -0.1) is 0 Å². The molecule has 0 aliphatic heterocycles. The molecule has 0 bridgehead atoms. The van der Waals surface area contributed by atoms with Crippen LogP contribution in [0, 0.1) is 23.7 Å². The van der Waals surface area contributed by atoms with Crippen LogP contribution in [0.25, 0.3) is 0 Å². The summed E-state index contributed by atoms with van der Waals surface area (Å²) in [5, 5.41) is 18.3. The molecule has 8 heteroatoms. The maximum absolute atomic E-state index is 12.3. The minimum Gasteiger partial charge on any atom is -0.462 e. The first kappa shape index (κ1) is 32.7. The molecule has 2 aliphatic carbocycles. The van der Waals surface area contributed by atoms with Crippen LogP contribution in [0.5, 0.6) is 0 Å². The summed E-state index contributed by atoms with van der Waals surface area (Å²) < 4.78 is 35.3. The van der Waals surface area contributed by atoms with E-state index in [4.69, 9.17) is 19.7 Å². The lowest BCUT2D eigenvalue weighted by atomic mass is 9.67. The van der Waals surface area contributed by atoms with Gasteiger partial charge in [0.15, 0.2) is 0 Å². The average Bonchev–Trinajstić information content (AvgIpc) is 3.00. The van der Waals surface area contributed by atoms with E-state index in [0.29, 0.717) is 30.6 Å². The first-order chi connectivity index (χ1) is 19.7. The summed E-state index contributed by atoms with van der Waals surface area (Å²) in [4.78, 5) is 24.1. The van der Waals surface area contributed by atoms with Crippen LogP contribution in [0.4, 0.5) is 8.78 Å². The van der Waals surface area contributed by atoms with Crippen molar-refractivity contribution in [1.29, 1.82) is 0 Å². The summed E-state index contributed by atoms with van der Waals surface area (Å²) in [5.74, 6) is 0.587. The van der Waals surface area contributed by atoms with Crippen LogP contribution in [-0.2, 0) is 25.5 Å². The molecule has 0 radical (unpaired) electrons. The first-order valence-corrected chi connectivity index (χ1v) is 14.7. The predicted molar refractivity (Wildman–Crippen MR) is 153 cm³/mol. The molecule has 226 valence electrons. The van der Waals surface area contributed by atoms with E-state index in [0.717, 1.165) is 50.2 Å².